The van der Waals surface area contributed by atoms with Gasteiger partial charge >= 0.3 is 0 Å². The van der Waals surface area contributed by atoms with Crippen molar-refractivity contribution < 1.29 is 18.7 Å². The number of nitrogens with zero attached hydrogens (tertiary/aromatic N) is 3. The Kier molecular flexibility index (Phi) is 5.22. The first-order chi connectivity index (χ1) is 14.9. The number of hydrogen-bond acceptors (Lipinski definition) is 7. The van der Waals surface area contributed by atoms with Gasteiger partial charge in [0, 0.05) is 31.1 Å². The van der Waals surface area contributed by atoms with Crippen molar-refractivity contribution in [2.45, 2.75) is 31.2 Å². The molecule has 0 atom stereocenters. The minimum absolute atomic E-state index is 0.0127. The number of rotatable bonds is 8. The first-order valence-corrected chi connectivity index (χ1v) is 10.8. The van der Waals surface area contributed by atoms with Crippen molar-refractivity contribution in [3.05, 3.63) is 41.4 Å². The molecule has 1 saturated heterocycles. The summed E-state index contributed by atoms with van der Waals surface area (Å²) in [6.45, 7) is 2.99. The Morgan fingerprint density at radius 3 is 2.77 bits per heavy atom. The highest BCUT2D eigenvalue weighted by atomic mass is 35.5. The number of nitrogens with one attached hydrogen (secondary N) is 1. The fourth-order valence-corrected chi connectivity index (χ4v) is 5.27. The summed E-state index contributed by atoms with van der Waals surface area (Å²) in [5.74, 6) is 1.42. The number of aromatic nitrogens is 2. The van der Waals surface area contributed by atoms with E-state index in [9.17, 15) is 9.18 Å². The van der Waals surface area contributed by atoms with Crippen LogP contribution in [0.4, 0.5) is 16.0 Å². The number of Topliss-reactive ketones (excluding diaryl/α,β-unsaturated/α-hetero) is 1. The second-order valence-electron chi connectivity index (χ2n) is 8.88. The highest BCUT2D eigenvalue weighted by Crippen LogP contribution is 2.70. The molecule has 4 aliphatic rings. The van der Waals surface area contributed by atoms with Crippen molar-refractivity contribution in [2.75, 3.05) is 43.1 Å². The molecular formula is C22H24ClFN4O3. The van der Waals surface area contributed by atoms with Crippen LogP contribution < -0.4 is 15.0 Å². The van der Waals surface area contributed by atoms with Gasteiger partial charge in [-0.1, -0.05) is 11.6 Å². The van der Waals surface area contributed by atoms with Gasteiger partial charge < -0.3 is 19.7 Å². The number of carbonyl (C=O) groups is 1. The second-order valence-corrected chi connectivity index (χ2v) is 9.28. The average molecular weight is 447 g/mol. The second kappa shape index (κ2) is 7.91. The lowest BCUT2D eigenvalue weighted by molar-refractivity contribution is -0.147. The highest BCUT2D eigenvalue weighted by Gasteiger charge is 2.68. The molecule has 31 heavy (non-hydrogen) atoms. The number of ketones is 1. The number of hydrogen-bond donors (Lipinski definition) is 1. The van der Waals surface area contributed by atoms with Crippen LogP contribution in [0.2, 0.25) is 5.02 Å². The lowest BCUT2D eigenvalue weighted by Gasteiger charge is -2.70. The molecule has 0 unspecified atom stereocenters. The summed E-state index contributed by atoms with van der Waals surface area (Å²) in [7, 11) is 0. The van der Waals surface area contributed by atoms with Crippen LogP contribution in [0.15, 0.2) is 30.6 Å². The molecule has 2 bridgehead atoms. The SMILES string of the molecule is O=C(COc1ccc(Cl)c(F)c1)CC12CC(Nc3cncc(N4CCOCC4)n3)(C1)C2. The van der Waals surface area contributed by atoms with Crippen molar-refractivity contribution in [3.63, 3.8) is 0 Å². The Balaban J connectivity index is 1.10. The largest absolute Gasteiger partial charge is 0.486 e. The van der Waals surface area contributed by atoms with Gasteiger partial charge in [0.25, 0.3) is 0 Å². The van der Waals surface area contributed by atoms with E-state index < -0.39 is 5.82 Å². The molecule has 0 amide bonds. The first-order valence-electron chi connectivity index (χ1n) is 10.5. The van der Waals surface area contributed by atoms with E-state index in [-0.39, 0.29) is 28.4 Å². The van der Waals surface area contributed by atoms with Crippen LogP contribution in [0.25, 0.3) is 0 Å². The lowest BCUT2D eigenvalue weighted by Crippen LogP contribution is -2.71. The molecule has 0 spiro atoms. The molecular weight excluding hydrogens is 423 g/mol. The van der Waals surface area contributed by atoms with Crippen LogP contribution in [-0.2, 0) is 9.53 Å². The zero-order valence-corrected chi connectivity index (χ0v) is 17.8. The zero-order chi connectivity index (χ0) is 21.5. The molecule has 1 aliphatic heterocycles. The fraction of sp³-hybridized carbons (Fsp3) is 0.500. The van der Waals surface area contributed by atoms with Crippen LogP contribution in [-0.4, -0.2) is 54.2 Å². The summed E-state index contributed by atoms with van der Waals surface area (Å²) >= 11 is 5.66. The molecule has 2 aromatic rings. The summed E-state index contributed by atoms with van der Waals surface area (Å²) in [6, 6.07) is 4.18. The van der Waals surface area contributed by atoms with Crippen molar-refractivity contribution in [3.8, 4) is 5.75 Å². The van der Waals surface area contributed by atoms with E-state index in [0.717, 1.165) is 44.0 Å². The van der Waals surface area contributed by atoms with Crippen molar-refractivity contribution >= 4 is 29.0 Å². The van der Waals surface area contributed by atoms with Gasteiger partial charge in [-0.3, -0.25) is 9.78 Å². The van der Waals surface area contributed by atoms with Crippen molar-refractivity contribution in [1.82, 2.24) is 9.97 Å². The minimum Gasteiger partial charge on any atom is -0.486 e. The Bertz CT molecular complexity index is 979. The summed E-state index contributed by atoms with van der Waals surface area (Å²) < 4.78 is 24.3. The molecule has 2 heterocycles. The number of carbonyl (C=O) groups excluding carboxylic acids is 1. The summed E-state index contributed by atoms with van der Waals surface area (Å²) in [5, 5.41) is 3.57. The quantitative estimate of drug-likeness (QED) is 0.665. The van der Waals surface area contributed by atoms with Gasteiger partial charge in [0.2, 0.25) is 0 Å². The first kappa shape index (κ1) is 20.5. The molecule has 1 aromatic heterocycles. The average Bonchev–Trinajstić information content (AvgIpc) is 2.73. The Labute approximate surface area is 184 Å². The van der Waals surface area contributed by atoms with Gasteiger partial charge in [-0.2, -0.15) is 0 Å². The van der Waals surface area contributed by atoms with Crippen molar-refractivity contribution in [2.24, 2.45) is 5.41 Å². The Hall–Kier alpha value is -2.45. The molecule has 7 nitrogen and oxygen atoms in total. The number of anilines is 2. The molecule has 1 aromatic carbocycles. The molecule has 164 valence electrons. The molecule has 4 fully saturated rings. The Morgan fingerprint density at radius 2 is 2.03 bits per heavy atom. The van der Waals surface area contributed by atoms with Crippen LogP contribution in [0.3, 0.4) is 0 Å². The van der Waals surface area contributed by atoms with Crippen LogP contribution in [0, 0.1) is 11.2 Å². The molecule has 9 heteroatoms. The standard InChI is InChI=1S/C22H24ClFN4O3/c23-17-2-1-16(7-18(17)24)31-11-15(29)8-21-12-22(13-21,14-21)27-19-9-25-10-20(26-19)28-3-5-30-6-4-28/h1-2,7,9-10H,3-6,8,11-14H2,(H,26,27). The normalized spacial score (nSPS) is 26.6. The topological polar surface area (TPSA) is 76.6 Å². The zero-order valence-electron chi connectivity index (χ0n) is 17.1. The summed E-state index contributed by atoms with van der Waals surface area (Å²) in [5.41, 5.74) is 0.0622. The number of benzene rings is 1. The van der Waals surface area contributed by atoms with E-state index in [1.54, 1.807) is 18.5 Å². The van der Waals surface area contributed by atoms with Crippen LogP contribution in [0.1, 0.15) is 25.7 Å². The maximum atomic E-state index is 13.5. The molecule has 6 rings (SSSR count). The predicted octanol–water partition coefficient (Wildman–Crippen LogP) is 3.48. The van der Waals surface area contributed by atoms with Gasteiger partial charge in [-0.05, 0) is 36.8 Å². The van der Waals surface area contributed by atoms with Crippen LogP contribution in [0.5, 0.6) is 5.75 Å². The van der Waals surface area contributed by atoms with E-state index >= 15 is 0 Å². The predicted molar refractivity (Wildman–Crippen MR) is 114 cm³/mol. The van der Waals surface area contributed by atoms with E-state index in [2.05, 4.69) is 15.2 Å². The Morgan fingerprint density at radius 1 is 1.26 bits per heavy atom. The third kappa shape index (κ3) is 4.19. The smallest absolute Gasteiger partial charge is 0.170 e. The van der Waals surface area contributed by atoms with Gasteiger partial charge in [-0.15, -0.1) is 0 Å². The lowest BCUT2D eigenvalue weighted by atomic mass is 9.38. The number of halogens is 2. The van der Waals surface area contributed by atoms with Gasteiger partial charge in [0.1, 0.15) is 29.8 Å². The van der Waals surface area contributed by atoms with Gasteiger partial charge in [-0.25, -0.2) is 9.37 Å². The molecule has 1 N–H and O–H groups in total. The van der Waals surface area contributed by atoms with E-state index in [1.807, 2.05) is 0 Å². The maximum Gasteiger partial charge on any atom is 0.170 e. The van der Waals surface area contributed by atoms with Crippen LogP contribution >= 0.6 is 11.6 Å². The minimum atomic E-state index is -0.556. The monoisotopic (exact) mass is 446 g/mol. The highest BCUT2D eigenvalue weighted by molar-refractivity contribution is 6.30. The third-order valence-corrected chi connectivity index (χ3v) is 6.66. The molecule has 0 radical (unpaired) electrons. The van der Waals surface area contributed by atoms with Gasteiger partial charge in [0.15, 0.2) is 5.78 Å². The third-order valence-electron chi connectivity index (χ3n) is 6.35. The summed E-state index contributed by atoms with van der Waals surface area (Å²) in [4.78, 5) is 23.6. The molecule has 3 saturated carbocycles. The number of ether oxygens (including phenoxy) is 2. The number of morpholine rings is 1. The fourth-order valence-electron chi connectivity index (χ4n) is 5.15. The van der Waals surface area contributed by atoms with Crippen molar-refractivity contribution in [1.29, 1.82) is 0 Å². The van der Waals surface area contributed by atoms with E-state index in [1.165, 1.54) is 12.1 Å². The summed E-state index contributed by atoms with van der Waals surface area (Å²) in [6.07, 6.45) is 6.82. The van der Waals surface area contributed by atoms with E-state index in [4.69, 9.17) is 26.1 Å². The van der Waals surface area contributed by atoms with Gasteiger partial charge in [0.05, 0.1) is 30.6 Å². The molecule has 3 aliphatic carbocycles. The maximum absolute atomic E-state index is 13.5. The van der Waals surface area contributed by atoms with E-state index in [0.29, 0.717) is 25.4 Å².